The summed E-state index contributed by atoms with van der Waals surface area (Å²) in [5.74, 6) is 0.945. The molecule has 2 saturated carbocycles. The molecule has 1 aromatic heterocycles. The van der Waals surface area contributed by atoms with E-state index < -0.39 is 0 Å². The number of hydrogen-bond acceptors (Lipinski definition) is 2. The maximum atomic E-state index is 6.34. The number of nitrogens with two attached hydrogens (primary N) is 1. The highest BCUT2D eigenvalue weighted by Crippen LogP contribution is 2.29. The maximum absolute atomic E-state index is 6.34. The lowest BCUT2D eigenvalue weighted by Crippen LogP contribution is -2.24. The third-order valence-electron chi connectivity index (χ3n) is 5.50. The minimum absolute atomic E-state index is 0.291. The summed E-state index contributed by atoms with van der Waals surface area (Å²) >= 11 is 0. The van der Waals surface area contributed by atoms with Gasteiger partial charge >= 0.3 is 0 Å². The Morgan fingerprint density at radius 2 is 1.81 bits per heavy atom. The van der Waals surface area contributed by atoms with Crippen LogP contribution >= 0.6 is 0 Å². The van der Waals surface area contributed by atoms with Gasteiger partial charge in [-0.2, -0.15) is 5.10 Å². The lowest BCUT2D eigenvalue weighted by molar-refractivity contribution is 0.322. The molecule has 0 aromatic carbocycles. The van der Waals surface area contributed by atoms with Crippen LogP contribution in [0.3, 0.4) is 0 Å². The molecule has 21 heavy (non-hydrogen) atoms. The first-order valence-electron chi connectivity index (χ1n) is 9.11. The Morgan fingerprint density at radius 1 is 1.10 bits per heavy atom. The fourth-order valence-corrected chi connectivity index (χ4v) is 4.15. The van der Waals surface area contributed by atoms with Crippen molar-refractivity contribution in [1.82, 2.24) is 9.78 Å². The fourth-order valence-electron chi connectivity index (χ4n) is 4.15. The first-order valence-corrected chi connectivity index (χ1v) is 9.11. The van der Waals surface area contributed by atoms with Crippen molar-refractivity contribution in [2.75, 3.05) is 0 Å². The van der Waals surface area contributed by atoms with Crippen LogP contribution in [0, 0.1) is 5.92 Å². The molecule has 0 aliphatic heterocycles. The lowest BCUT2D eigenvalue weighted by Gasteiger charge is -2.22. The first-order chi connectivity index (χ1) is 10.3. The molecule has 0 amide bonds. The summed E-state index contributed by atoms with van der Waals surface area (Å²) in [5.41, 5.74) is 7.53. The highest BCUT2D eigenvalue weighted by molar-refractivity contribution is 5.02. The highest BCUT2D eigenvalue weighted by Gasteiger charge is 2.19. The molecule has 1 heterocycles. The van der Waals surface area contributed by atoms with E-state index in [1.165, 1.54) is 76.3 Å². The van der Waals surface area contributed by atoms with Crippen LogP contribution in [-0.2, 0) is 6.42 Å². The van der Waals surface area contributed by atoms with Crippen molar-refractivity contribution in [2.24, 2.45) is 11.7 Å². The van der Waals surface area contributed by atoms with Crippen LogP contribution < -0.4 is 5.73 Å². The van der Waals surface area contributed by atoms with Gasteiger partial charge in [-0.1, -0.05) is 44.9 Å². The van der Waals surface area contributed by atoms with Gasteiger partial charge in [0.2, 0.25) is 0 Å². The van der Waals surface area contributed by atoms with Gasteiger partial charge in [-0.05, 0) is 37.7 Å². The normalized spacial score (nSPS) is 22.7. The molecule has 1 aromatic rings. The topological polar surface area (TPSA) is 43.8 Å². The van der Waals surface area contributed by atoms with Crippen molar-refractivity contribution in [2.45, 2.75) is 89.1 Å². The Morgan fingerprint density at radius 3 is 2.57 bits per heavy atom. The quantitative estimate of drug-likeness (QED) is 0.851. The Hall–Kier alpha value is -0.830. The van der Waals surface area contributed by atoms with Gasteiger partial charge < -0.3 is 5.73 Å². The Kier molecular flexibility index (Phi) is 5.34. The van der Waals surface area contributed by atoms with E-state index in [1.807, 2.05) is 0 Å². The molecule has 0 bridgehead atoms. The fraction of sp³-hybridized carbons (Fsp3) is 0.833. The van der Waals surface area contributed by atoms with E-state index in [0.29, 0.717) is 12.1 Å². The first kappa shape index (κ1) is 15.1. The summed E-state index contributed by atoms with van der Waals surface area (Å²) < 4.78 is 2.19. The molecule has 1 unspecified atom stereocenters. The van der Waals surface area contributed by atoms with Crippen LogP contribution in [0.25, 0.3) is 0 Å². The summed E-state index contributed by atoms with van der Waals surface area (Å²) in [6.07, 6.45) is 18.1. The maximum Gasteiger partial charge on any atom is 0.0640 e. The third kappa shape index (κ3) is 4.32. The second-order valence-electron chi connectivity index (χ2n) is 7.27. The Balaban J connectivity index is 1.42. The predicted molar refractivity (Wildman–Crippen MR) is 87.2 cm³/mol. The summed E-state index contributed by atoms with van der Waals surface area (Å²) in [4.78, 5) is 0. The van der Waals surface area contributed by atoms with Gasteiger partial charge in [-0.25, -0.2) is 0 Å². The van der Waals surface area contributed by atoms with Gasteiger partial charge in [0.15, 0.2) is 0 Å². The largest absolute Gasteiger partial charge is 0.327 e. The second kappa shape index (κ2) is 7.44. The van der Waals surface area contributed by atoms with Crippen molar-refractivity contribution in [3.05, 3.63) is 18.0 Å². The third-order valence-corrected chi connectivity index (χ3v) is 5.50. The smallest absolute Gasteiger partial charge is 0.0640 e. The van der Waals surface area contributed by atoms with Crippen LogP contribution in [0.1, 0.15) is 82.4 Å². The summed E-state index contributed by atoms with van der Waals surface area (Å²) in [6, 6.07) is 3.12. The molecule has 118 valence electrons. The van der Waals surface area contributed by atoms with Crippen molar-refractivity contribution >= 4 is 0 Å². The van der Waals surface area contributed by atoms with Crippen LogP contribution in [0.2, 0.25) is 0 Å². The Labute approximate surface area is 129 Å². The van der Waals surface area contributed by atoms with Crippen molar-refractivity contribution in [3.63, 3.8) is 0 Å². The molecule has 2 N–H and O–H groups in total. The van der Waals surface area contributed by atoms with Crippen molar-refractivity contribution in [3.8, 4) is 0 Å². The molecule has 3 nitrogen and oxygen atoms in total. The van der Waals surface area contributed by atoms with Crippen molar-refractivity contribution < 1.29 is 0 Å². The number of hydrogen-bond donors (Lipinski definition) is 1. The van der Waals surface area contributed by atoms with E-state index in [9.17, 15) is 0 Å². The molecule has 3 rings (SSSR count). The summed E-state index contributed by atoms with van der Waals surface area (Å²) in [7, 11) is 0. The molecular formula is C18H31N3. The van der Waals surface area contributed by atoms with E-state index in [1.54, 1.807) is 0 Å². The Bertz CT molecular complexity index is 414. The highest BCUT2D eigenvalue weighted by atomic mass is 15.3. The minimum Gasteiger partial charge on any atom is -0.327 e. The molecule has 2 aliphatic rings. The standard InChI is InChI=1S/C18H31N3/c19-16(11-10-15-6-2-1-3-7-15)14-17-12-13-21(20-17)18-8-4-5-9-18/h12-13,15-16,18H,1-11,14,19H2. The van der Waals surface area contributed by atoms with E-state index in [0.717, 1.165) is 12.3 Å². The molecule has 3 heteroatoms. The van der Waals surface area contributed by atoms with Crippen LogP contribution in [0.15, 0.2) is 12.3 Å². The van der Waals surface area contributed by atoms with Gasteiger partial charge in [-0.3, -0.25) is 4.68 Å². The van der Waals surface area contributed by atoms with Crippen LogP contribution in [0.5, 0.6) is 0 Å². The lowest BCUT2D eigenvalue weighted by atomic mass is 9.85. The molecular weight excluding hydrogens is 258 g/mol. The van der Waals surface area contributed by atoms with E-state index >= 15 is 0 Å². The average molecular weight is 289 g/mol. The molecule has 0 saturated heterocycles. The number of aromatic nitrogens is 2. The number of nitrogens with zero attached hydrogens (tertiary/aromatic N) is 2. The molecule has 0 spiro atoms. The summed E-state index contributed by atoms with van der Waals surface area (Å²) in [5, 5.41) is 4.76. The molecule has 2 fully saturated rings. The zero-order chi connectivity index (χ0) is 14.5. The number of rotatable bonds is 6. The molecule has 1 atom stereocenters. The van der Waals surface area contributed by atoms with Crippen molar-refractivity contribution in [1.29, 1.82) is 0 Å². The summed E-state index contributed by atoms with van der Waals surface area (Å²) in [6.45, 7) is 0. The SMILES string of the molecule is NC(CCC1CCCCC1)Cc1ccn(C2CCCC2)n1. The average Bonchev–Trinajstić information content (AvgIpc) is 3.17. The molecule has 2 aliphatic carbocycles. The monoisotopic (exact) mass is 289 g/mol. The van der Waals surface area contributed by atoms with Gasteiger partial charge in [0.05, 0.1) is 11.7 Å². The van der Waals surface area contributed by atoms with Crippen LogP contribution in [-0.4, -0.2) is 15.8 Å². The van der Waals surface area contributed by atoms with Crippen LogP contribution in [0.4, 0.5) is 0 Å². The predicted octanol–water partition coefficient (Wildman–Crippen LogP) is 4.23. The zero-order valence-electron chi connectivity index (χ0n) is 13.3. The minimum atomic E-state index is 0.291. The van der Waals surface area contributed by atoms with Gasteiger partial charge in [0.25, 0.3) is 0 Å². The van der Waals surface area contributed by atoms with Gasteiger partial charge in [0.1, 0.15) is 0 Å². The van der Waals surface area contributed by atoms with Gasteiger partial charge in [-0.15, -0.1) is 0 Å². The zero-order valence-corrected chi connectivity index (χ0v) is 13.3. The van der Waals surface area contributed by atoms with E-state index in [2.05, 4.69) is 16.9 Å². The van der Waals surface area contributed by atoms with Gasteiger partial charge in [0, 0.05) is 18.7 Å². The van der Waals surface area contributed by atoms with E-state index in [4.69, 9.17) is 10.8 Å². The second-order valence-corrected chi connectivity index (χ2v) is 7.27. The van der Waals surface area contributed by atoms with E-state index in [-0.39, 0.29) is 0 Å². The molecule has 0 radical (unpaired) electrons.